The smallest absolute Gasteiger partial charge is 0.416 e. The van der Waals surface area contributed by atoms with E-state index in [1.807, 2.05) is 0 Å². The van der Waals surface area contributed by atoms with Crippen molar-refractivity contribution in [3.8, 4) is 5.75 Å². The summed E-state index contributed by atoms with van der Waals surface area (Å²) >= 11 is 0. The summed E-state index contributed by atoms with van der Waals surface area (Å²) in [6, 6.07) is 3.03. The summed E-state index contributed by atoms with van der Waals surface area (Å²) in [7, 11) is 3.31. The van der Waals surface area contributed by atoms with Crippen molar-refractivity contribution in [3.05, 3.63) is 47.3 Å². The Kier molecular flexibility index (Phi) is 6.48. The lowest BCUT2D eigenvalue weighted by molar-refractivity contribution is -0.138. The Bertz CT molecular complexity index is 787. The van der Waals surface area contributed by atoms with Gasteiger partial charge in [-0.1, -0.05) is 6.07 Å². The lowest BCUT2D eigenvalue weighted by Crippen LogP contribution is -2.35. The highest BCUT2D eigenvalue weighted by atomic mass is 19.4. The molecule has 2 rings (SSSR count). The first-order valence-corrected chi connectivity index (χ1v) is 8.42. The Hall–Kier alpha value is -2.55. The first kappa shape index (κ1) is 20.8. The van der Waals surface area contributed by atoms with Crippen molar-refractivity contribution in [1.82, 2.24) is 20.4 Å². The van der Waals surface area contributed by atoms with Crippen LogP contribution in [0.4, 0.5) is 13.2 Å². The summed E-state index contributed by atoms with van der Waals surface area (Å²) in [5.41, 5.74) is -0.245. The highest BCUT2D eigenvalue weighted by molar-refractivity contribution is 5.83. The molecule has 1 aromatic carbocycles. The zero-order valence-electron chi connectivity index (χ0n) is 15.6. The van der Waals surface area contributed by atoms with Gasteiger partial charge in [-0.15, -0.1) is 0 Å². The maximum absolute atomic E-state index is 13.4. The molecule has 148 valence electrons. The second-order valence-corrected chi connectivity index (χ2v) is 6.37. The molecule has 2 aromatic rings. The van der Waals surface area contributed by atoms with E-state index in [4.69, 9.17) is 4.74 Å². The standard InChI is InChI=1S/C18H23F3N4O2/c1-11(2)27-14-6-5-12(15(7-14)18(19,20)21)8-23-17(26)16(22-3)13-9-24-25(4)10-13/h5-7,9-11,16,22H,8H2,1-4H3,(H,23,26). The molecule has 1 heterocycles. The second kappa shape index (κ2) is 8.43. The number of alkyl halides is 3. The van der Waals surface area contributed by atoms with E-state index < -0.39 is 23.7 Å². The molecule has 0 aliphatic carbocycles. The predicted molar refractivity (Wildman–Crippen MR) is 94.1 cm³/mol. The Labute approximate surface area is 155 Å². The SMILES string of the molecule is CNC(C(=O)NCc1ccc(OC(C)C)cc1C(F)(F)F)c1cnn(C)c1. The Morgan fingerprint density at radius 3 is 2.56 bits per heavy atom. The van der Waals surface area contributed by atoms with Gasteiger partial charge < -0.3 is 15.4 Å². The van der Waals surface area contributed by atoms with Gasteiger partial charge in [0.1, 0.15) is 11.8 Å². The van der Waals surface area contributed by atoms with E-state index in [0.29, 0.717) is 5.56 Å². The molecule has 0 saturated heterocycles. The van der Waals surface area contributed by atoms with Crippen molar-refractivity contribution in [2.75, 3.05) is 7.05 Å². The number of nitrogens with zero attached hydrogens (tertiary/aromatic N) is 2. The number of rotatable bonds is 7. The van der Waals surface area contributed by atoms with E-state index in [1.165, 1.54) is 18.3 Å². The zero-order valence-corrected chi connectivity index (χ0v) is 15.6. The maximum Gasteiger partial charge on any atom is 0.416 e. The first-order valence-electron chi connectivity index (χ1n) is 8.42. The molecule has 1 aromatic heterocycles. The molecule has 0 aliphatic rings. The number of aryl methyl sites for hydroxylation is 1. The lowest BCUT2D eigenvalue weighted by atomic mass is 10.1. The summed E-state index contributed by atoms with van der Waals surface area (Å²) in [6.07, 6.45) is -1.60. The predicted octanol–water partition coefficient (Wildman–Crippen LogP) is 2.80. The van der Waals surface area contributed by atoms with Crippen LogP contribution in [0.1, 0.15) is 36.6 Å². The van der Waals surface area contributed by atoms with Gasteiger partial charge in [0.2, 0.25) is 5.91 Å². The van der Waals surface area contributed by atoms with E-state index in [-0.39, 0.29) is 24.0 Å². The van der Waals surface area contributed by atoms with Crippen LogP contribution in [0.25, 0.3) is 0 Å². The molecule has 0 radical (unpaired) electrons. The molecule has 27 heavy (non-hydrogen) atoms. The zero-order chi connectivity index (χ0) is 20.2. The maximum atomic E-state index is 13.4. The highest BCUT2D eigenvalue weighted by Gasteiger charge is 2.34. The quantitative estimate of drug-likeness (QED) is 0.770. The number of likely N-dealkylation sites (N-methyl/N-ethyl adjacent to an activating group) is 1. The number of nitrogens with one attached hydrogen (secondary N) is 2. The molecule has 2 N–H and O–H groups in total. The van der Waals surface area contributed by atoms with Crippen LogP contribution in [0.3, 0.4) is 0 Å². The van der Waals surface area contributed by atoms with Gasteiger partial charge in [-0.25, -0.2) is 0 Å². The van der Waals surface area contributed by atoms with Gasteiger partial charge in [-0.05, 0) is 38.6 Å². The van der Waals surface area contributed by atoms with Gasteiger partial charge in [0.25, 0.3) is 0 Å². The van der Waals surface area contributed by atoms with Crippen LogP contribution >= 0.6 is 0 Å². The Balaban J connectivity index is 2.17. The summed E-state index contributed by atoms with van der Waals surface area (Å²) in [6.45, 7) is 3.21. The molecular formula is C18H23F3N4O2. The van der Waals surface area contributed by atoms with Gasteiger partial charge >= 0.3 is 6.18 Å². The lowest BCUT2D eigenvalue weighted by Gasteiger charge is -2.18. The third-order valence-electron chi connectivity index (χ3n) is 3.82. The van der Waals surface area contributed by atoms with E-state index in [1.54, 1.807) is 38.8 Å². The van der Waals surface area contributed by atoms with Gasteiger partial charge in [-0.2, -0.15) is 18.3 Å². The number of benzene rings is 1. The van der Waals surface area contributed by atoms with Gasteiger partial charge in [0.15, 0.2) is 0 Å². The van der Waals surface area contributed by atoms with Crippen molar-refractivity contribution >= 4 is 5.91 Å². The minimum atomic E-state index is -4.55. The molecule has 1 unspecified atom stereocenters. The average molecular weight is 384 g/mol. The van der Waals surface area contributed by atoms with Crippen LogP contribution in [0.2, 0.25) is 0 Å². The minimum absolute atomic E-state index is 0.0343. The van der Waals surface area contributed by atoms with E-state index >= 15 is 0 Å². The third-order valence-corrected chi connectivity index (χ3v) is 3.82. The van der Waals surface area contributed by atoms with Crippen LogP contribution in [-0.4, -0.2) is 28.8 Å². The summed E-state index contributed by atoms with van der Waals surface area (Å²) in [4.78, 5) is 12.4. The number of carbonyl (C=O) groups excluding carboxylic acids is 1. The van der Waals surface area contributed by atoms with E-state index in [2.05, 4.69) is 15.7 Å². The van der Waals surface area contributed by atoms with Gasteiger partial charge in [-0.3, -0.25) is 9.48 Å². The molecule has 0 bridgehead atoms. The van der Waals surface area contributed by atoms with Crippen molar-refractivity contribution in [3.63, 3.8) is 0 Å². The van der Waals surface area contributed by atoms with Gasteiger partial charge in [0.05, 0.1) is 17.9 Å². The monoisotopic (exact) mass is 384 g/mol. The highest BCUT2D eigenvalue weighted by Crippen LogP contribution is 2.34. The molecule has 6 nitrogen and oxygen atoms in total. The molecular weight excluding hydrogens is 361 g/mol. The summed E-state index contributed by atoms with van der Waals surface area (Å²) < 4.78 is 47.1. The van der Waals surface area contributed by atoms with Crippen LogP contribution in [-0.2, 0) is 24.6 Å². The summed E-state index contributed by atoms with van der Waals surface area (Å²) in [5, 5.41) is 9.39. The average Bonchev–Trinajstić information content (AvgIpc) is 2.99. The summed E-state index contributed by atoms with van der Waals surface area (Å²) in [5.74, 6) is -0.308. The molecule has 1 amide bonds. The van der Waals surface area contributed by atoms with Crippen molar-refractivity contribution in [1.29, 1.82) is 0 Å². The fraction of sp³-hybridized carbons (Fsp3) is 0.444. The number of hydrogen-bond donors (Lipinski definition) is 2. The van der Waals surface area contributed by atoms with Gasteiger partial charge in [0, 0.05) is 25.4 Å². The van der Waals surface area contributed by atoms with Crippen molar-refractivity contribution in [2.24, 2.45) is 7.05 Å². The molecule has 0 aliphatic heterocycles. The number of aromatic nitrogens is 2. The first-order chi connectivity index (χ1) is 12.6. The largest absolute Gasteiger partial charge is 0.491 e. The van der Waals surface area contributed by atoms with Crippen LogP contribution in [0.5, 0.6) is 5.75 Å². The Morgan fingerprint density at radius 1 is 1.33 bits per heavy atom. The normalized spacial score (nSPS) is 12.9. The Morgan fingerprint density at radius 2 is 2.04 bits per heavy atom. The minimum Gasteiger partial charge on any atom is -0.491 e. The van der Waals surface area contributed by atoms with E-state index in [0.717, 1.165) is 6.07 Å². The third kappa shape index (κ3) is 5.46. The van der Waals surface area contributed by atoms with Crippen LogP contribution in [0.15, 0.2) is 30.6 Å². The molecule has 9 heteroatoms. The van der Waals surface area contributed by atoms with Crippen LogP contribution in [0, 0.1) is 0 Å². The molecule has 0 saturated carbocycles. The van der Waals surface area contributed by atoms with Crippen LogP contribution < -0.4 is 15.4 Å². The fourth-order valence-corrected chi connectivity index (χ4v) is 2.64. The number of amides is 1. The molecule has 0 fully saturated rings. The number of hydrogen-bond acceptors (Lipinski definition) is 4. The number of ether oxygens (including phenoxy) is 1. The topological polar surface area (TPSA) is 68.2 Å². The number of carbonyl (C=O) groups is 1. The van der Waals surface area contributed by atoms with E-state index in [9.17, 15) is 18.0 Å². The van der Waals surface area contributed by atoms with Crippen molar-refractivity contribution in [2.45, 2.75) is 38.7 Å². The molecule has 1 atom stereocenters. The fourth-order valence-electron chi connectivity index (χ4n) is 2.64. The van der Waals surface area contributed by atoms with Crippen molar-refractivity contribution < 1.29 is 22.7 Å². The second-order valence-electron chi connectivity index (χ2n) is 6.37. The molecule has 0 spiro atoms. The number of halogens is 3.